The van der Waals surface area contributed by atoms with Crippen molar-refractivity contribution in [2.24, 2.45) is 34.0 Å². The molecule has 0 radical (unpaired) electrons. The van der Waals surface area contributed by atoms with E-state index in [2.05, 4.69) is 40.1 Å². The summed E-state index contributed by atoms with van der Waals surface area (Å²) in [5.74, 6) is 0.519. The van der Waals surface area contributed by atoms with Crippen LogP contribution in [0.15, 0.2) is 25.3 Å². The van der Waals surface area contributed by atoms with Gasteiger partial charge in [0.1, 0.15) is 52.3 Å². The second-order valence-corrected chi connectivity index (χ2v) is 32.6. The van der Waals surface area contributed by atoms with Crippen LogP contribution in [0.4, 0.5) is 11.6 Å². The average Bonchev–Trinajstić information content (AvgIpc) is 3.84. The molecule has 4 aromatic heterocycles. The fourth-order valence-corrected chi connectivity index (χ4v) is 16.4. The number of ether oxygens (including phenoxy) is 5. The van der Waals surface area contributed by atoms with Crippen LogP contribution in [0.3, 0.4) is 0 Å². The molecule has 4 heterocycles. The highest BCUT2D eigenvalue weighted by Crippen LogP contribution is 2.55. The van der Waals surface area contributed by atoms with E-state index in [1.807, 2.05) is 6.92 Å². The molecular weight excluding hydrogens is 1190 g/mol. The van der Waals surface area contributed by atoms with Gasteiger partial charge >= 0.3 is 25.5 Å². The van der Waals surface area contributed by atoms with Crippen molar-refractivity contribution in [1.29, 1.82) is 0 Å². The number of halogens is 1. The molecule has 6 aliphatic rings. The maximum atomic E-state index is 14.8. The van der Waals surface area contributed by atoms with Gasteiger partial charge in [0.05, 0.1) is 57.8 Å². The monoisotopic (exact) mass is 1290 g/mol. The van der Waals surface area contributed by atoms with Crippen molar-refractivity contribution in [2.45, 2.75) is 231 Å². The molecule has 6 fully saturated rings. The molecule has 6 aliphatic carbocycles. The third kappa shape index (κ3) is 19.1. The van der Waals surface area contributed by atoms with E-state index in [0.717, 1.165) is 25.7 Å². The number of aromatic nitrogens is 8. The summed E-state index contributed by atoms with van der Waals surface area (Å²) in [6, 6.07) is 0. The maximum Gasteiger partial charge on any atom is 0.350 e. The van der Waals surface area contributed by atoms with E-state index in [4.69, 9.17) is 56.5 Å². The van der Waals surface area contributed by atoms with Gasteiger partial charge in [-0.15, -0.1) is 11.6 Å². The summed E-state index contributed by atoms with van der Waals surface area (Å²) in [7, 11) is -7.96. The largest absolute Gasteiger partial charge is 0.464 e. The van der Waals surface area contributed by atoms with Crippen LogP contribution < -0.4 is 27.8 Å². The van der Waals surface area contributed by atoms with Gasteiger partial charge in [-0.3, -0.25) is 23.5 Å². The highest BCUT2D eigenvalue weighted by Gasteiger charge is 2.46. The Kier molecular flexibility index (Phi) is 23.8. The van der Waals surface area contributed by atoms with Crippen LogP contribution in [-0.4, -0.2) is 127 Å². The molecule has 3 spiro atoms. The topological polar surface area (TPSA) is 370 Å². The summed E-state index contributed by atoms with van der Waals surface area (Å²) in [6.45, 7) is 15.5. The molecule has 88 heavy (non-hydrogen) atoms. The zero-order valence-corrected chi connectivity index (χ0v) is 55.7. The predicted molar refractivity (Wildman–Crippen MR) is 337 cm³/mol. The summed E-state index contributed by atoms with van der Waals surface area (Å²) >= 11 is 5.90. The van der Waals surface area contributed by atoms with Gasteiger partial charge in [-0.05, 0) is 205 Å². The molecule has 494 valence electrons. The molecule has 0 aromatic carbocycles. The van der Waals surface area contributed by atoms with Gasteiger partial charge in [0.15, 0.2) is 22.9 Å². The minimum Gasteiger partial charge on any atom is -0.464 e. The number of nitrogens with one attached hydrogen (secondary N) is 2. The predicted octanol–water partition coefficient (Wildman–Crippen LogP) is 10.5. The normalized spacial score (nSPS) is 22.0. The molecule has 0 aliphatic heterocycles. The summed E-state index contributed by atoms with van der Waals surface area (Å²) in [5.41, 5.74) is 12.8. The molecule has 11 N–H and O–H groups in total. The second-order valence-electron chi connectivity index (χ2n) is 27.9. The Morgan fingerprint density at radius 1 is 0.580 bits per heavy atom. The Morgan fingerprint density at radius 3 is 1.22 bits per heavy atom. The fraction of sp³-hybridized carbons (Fsp3) is 0.783. The van der Waals surface area contributed by atoms with Crippen LogP contribution in [0.25, 0.3) is 22.3 Å². The summed E-state index contributed by atoms with van der Waals surface area (Å²) in [6.07, 6.45) is 30.5. The molecular formula is C60H100ClN13O12P2. The van der Waals surface area contributed by atoms with Crippen molar-refractivity contribution in [3.8, 4) is 0 Å². The van der Waals surface area contributed by atoms with Crippen molar-refractivity contribution >= 4 is 78.5 Å². The van der Waals surface area contributed by atoms with Crippen molar-refractivity contribution in [3.63, 3.8) is 0 Å². The quantitative estimate of drug-likeness (QED) is 0.0157. The lowest BCUT2D eigenvalue weighted by molar-refractivity contribution is -0.152. The number of carbonyl (C=O) groups is 3. The lowest BCUT2D eigenvalue weighted by atomic mass is 9.59. The molecule has 28 heteroatoms. The van der Waals surface area contributed by atoms with E-state index in [0.29, 0.717) is 89.2 Å². The summed E-state index contributed by atoms with van der Waals surface area (Å²) in [4.78, 5) is 79.8. The Morgan fingerprint density at radius 2 is 0.909 bits per heavy atom. The van der Waals surface area contributed by atoms with Crippen molar-refractivity contribution in [2.75, 3.05) is 44.0 Å². The Hall–Kier alpha value is -4.42. The average molecular weight is 1290 g/mol. The van der Waals surface area contributed by atoms with E-state index < -0.39 is 61.5 Å². The molecule has 25 nitrogen and oxygen atoms in total. The van der Waals surface area contributed by atoms with Gasteiger partial charge in [0.2, 0.25) is 7.44 Å². The number of alkyl halides is 1. The van der Waals surface area contributed by atoms with Gasteiger partial charge in [0.25, 0.3) is 0 Å². The number of rotatable bonds is 23. The fourth-order valence-electron chi connectivity index (χ4n) is 13.3. The molecule has 6 saturated carbocycles. The van der Waals surface area contributed by atoms with E-state index in [1.54, 1.807) is 63.9 Å². The van der Waals surface area contributed by atoms with Crippen LogP contribution in [0.2, 0.25) is 0 Å². The van der Waals surface area contributed by atoms with Crippen LogP contribution in [0.5, 0.6) is 0 Å². The van der Waals surface area contributed by atoms with Crippen LogP contribution in [0, 0.1) is 34.0 Å². The van der Waals surface area contributed by atoms with Crippen LogP contribution in [-0.2, 0) is 60.3 Å². The van der Waals surface area contributed by atoms with Crippen molar-refractivity contribution < 1.29 is 57.0 Å². The Bertz CT molecular complexity index is 2990. The number of esters is 3. The molecule has 0 unspecified atom stereocenters. The van der Waals surface area contributed by atoms with E-state index in [9.17, 15) is 23.5 Å². The first-order chi connectivity index (χ1) is 40.9. The van der Waals surface area contributed by atoms with E-state index in [1.165, 1.54) is 128 Å². The number of fused-ring (bicyclic) bond motifs is 2. The molecule has 10 rings (SSSR count). The number of nitrogens with two attached hydrogens (primary N) is 2. The van der Waals surface area contributed by atoms with E-state index >= 15 is 0 Å². The zero-order chi connectivity index (χ0) is 63.1. The SMILES string of the molecule is CC(C)(Cl)C(=O)OCC1CCC2(CCC2)CC1.C[C@H](Cn1cnc2c(N)ncnc21)OCP(=O)(NC(C)(C)C(=O)OCC1CCC2(CCC2)CC1)NC(C)(C)C(=O)OCC1CCC2(CCC2)CC1.C[C@H](Cn1cnc2c(N)ncnc21)OCP(=O)(O)O.N. The summed E-state index contributed by atoms with van der Waals surface area (Å²) in [5, 5.41) is 6.12. The number of hydrogen-bond donors (Lipinski definition) is 7. The number of nitrogen functional groups attached to an aromatic ring is 2. The number of carbonyl (C=O) groups excluding carboxylic acids is 3. The van der Waals surface area contributed by atoms with Crippen LogP contribution >= 0.6 is 26.6 Å². The number of nitrogens with zero attached hydrogens (tertiary/aromatic N) is 8. The van der Waals surface area contributed by atoms with E-state index in [-0.39, 0.29) is 30.1 Å². The number of hydrogen-bond acceptors (Lipinski definition) is 19. The standard InChI is InChI=1S/C37H60N7O6P.C14H23ClO2.C9H14N5O4P.H3N/c1-26(20-44-24-41-29-30(38)39-23-40-31(29)44)50-25-51(47,42-34(2,3)32(45)48-21-27-8-16-36(17-9-27)12-6-13-36)43-35(4,5)33(46)49-22-28-10-18-37(19-11-28)14-7-15-37;1-13(2,15)12(16)17-10-11-4-8-14(9-5-11)6-3-7-14;1-6(18-5-19(15,16)17)2-14-4-13-7-8(10)11-3-12-9(7)14;/h23-24,26-28H,6-22,25H2,1-5H3,(H2,38,39,40)(H2,42,43,47);11H,3-10H2,1-2H3;3-4,6H,2,5H2,1H3,(H2,10,11,12)(H2,15,16,17);1H3/t26-;;6-;/m1.1./s1. The molecule has 0 saturated heterocycles. The smallest absolute Gasteiger partial charge is 0.350 e. The molecule has 0 amide bonds. The van der Waals surface area contributed by atoms with Gasteiger partial charge in [-0.2, -0.15) is 0 Å². The first-order valence-electron chi connectivity index (χ1n) is 31.4. The third-order valence-electron chi connectivity index (χ3n) is 19.4. The summed E-state index contributed by atoms with van der Waals surface area (Å²) < 4.78 is 57.3. The Balaban J connectivity index is 0.000000242. The first kappa shape index (κ1) is 71.0. The molecule has 4 aromatic rings. The van der Waals surface area contributed by atoms with Crippen molar-refractivity contribution in [3.05, 3.63) is 25.3 Å². The van der Waals surface area contributed by atoms with Gasteiger partial charge in [-0.25, -0.2) is 40.1 Å². The third-order valence-corrected chi connectivity index (χ3v) is 22.3. The number of anilines is 2. The molecule has 0 bridgehead atoms. The highest BCUT2D eigenvalue weighted by molar-refractivity contribution is 7.59. The first-order valence-corrected chi connectivity index (χ1v) is 35.4. The lowest BCUT2D eigenvalue weighted by Crippen LogP contribution is -2.54. The van der Waals surface area contributed by atoms with Gasteiger partial charge in [-0.1, -0.05) is 19.3 Å². The zero-order valence-electron chi connectivity index (χ0n) is 53.2. The van der Waals surface area contributed by atoms with Gasteiger partial charge < -0.3 is 60.2 Å². The second kappa shape index (κ2) is 29.5. The van der Waals surface area contributed by atoms with Crippen LogP contribution in [0.1, 0.15) is 190 Å². The van der Waals surface area contributed by atoms with Crippen molar-refractivity contribution in [1.82, 2.24) is 55.4 Å². The lowest BCUT2D eigenvalue weighted by Gasteiger charge is -2.47. The van der Waals surface area contributed by atoms with Gasteiger partial charge in [0, 0.05) is 0 Å². The molecule has 2 atom stereocenters. The Labute approximate surface area is 523 Å². The maximum absolute atomic E-state index is 14.8. The minimum atomic E-state index is -4.16. The highest BCUT2D eigenvalue weighted by atomic mass is 35.5. The number of imidazole rings is 2. The minimum absolute atomic E-state index is 0.